The smallest absolute Gasteiger partial charge is 0.278 e. The molecule has 0 bridgehead atoms. The summed E-state index contributed by atoms with van der Waals surface area (Å²) in [6.45, 7) is 0. The van der Waals surface area contributed by atoms with Crippen molar-refractivity contribution in [3.63, 3.8) is 0 Å². The number of amides is 1. The number of nitrogens with zero attached hydrogens (tertiary/aromatic N) is 3. The summed E-state index contributed by atoms with van der Waals surface area (Å²) in [6.07, 6.45) is 5.10. The monoisotopic (exact) mass is 205 g/mol. The van der Waals surface area contributed by atoms with Crippen molar-refractivity contribution >= 4 is 11.4 Å². The van der Waals surface area contributed by atoms with E-state index in [9.17, 15) is 4.79 Å². The number of aromatic nitrogens is 2. The van der Waals surface area contributed by atoms with Crippen molar-refractivity contribution < 1.29 is 9.63 Å². The topological polar surface area (TPSA) is 46.8 Å². The van der Waals surface area contributed by atoms with Crippen LogP contribution in [-0.4, -0.2) is 34.5 Å². The second-order valence-corrected chi connectivity index (χ2v) is 3.13. The maximum atomic E-state index is 11.7. The van der Waals surface area contributed by atoms with Crippen molar-refractivity contribution in [1.29, 1.82) is 0 Å². The summed E-state index contributed by atoms with van der Waals surface area (Å²) in [5, 5.41) is 1.18. The molecule has 2 aromatic rings. The Morgan fingerprint density at radius 2 is 2.33 bits per heavy atom. The molecule has 0 aliphatic heterocycles. The standard InChI is InChI=1S/C10H11N3O2/c1-12(15-2)10(14)8-3-4-9-5-11-7-13(9)6-8/h3-7H,1-2H3. The van der Waals surface area contributed by atoms with Crippen LogP contribution in [-0.2, 0) is 4.84 Å². The van der Waals surface area contributed by atoms with Crippen molar-refractivity contribution in [2.24, 2.45) is 0 Å². The molecule has 0 saturated carbocycles. The van der Waals surface area contributed by atoms with Gasteiger partial charge in [-0.3, -0.25) is 9.63 Å². The molecule has 0 atom stereocenters. The molecule has 0 unspecified atom stereocenters. The van der Waals surface area contributed by atoms with Crippen LogP contribution in [0, 0.1) is 0 Å². The molecular formula is C10H11N3O2. The Bertz CT molecular complexity index is 492. The summed E-state index contributed by atoms with van der Waals surface area (Å²) in [5.74, 6) is -0.187. The third kappa shape index (κ3) is 1.69. The summed E-state index contributed by atoms with van der Waals surface area (Å²) in [6, 6.07) is 3.58. The van der Waals surface area contributed by atoms with Gasteiger partial charge < -0.3 is 4.40 Å². The summed E-state index contributed by atoms with van der Waals surface area (Å²) in [4.78, 5) is 20.5. The van der Waals surface area contributed by atoms with Gasteiger partial charge in [0.2, 0.25) is 0 Å². The number of carbonyl (C=O) groups is 1. The zero-order chi connectivity index (χ0) is 10.8. The fourth-order valence-electron chi connectivity index (χ4n) is 1.31. The first-order valence-corrected chi connectivity index (χ1v) is 4.46. The molecule has 2 rings (SSSR count). The zero-order valence-electron chi connectivity index (χ0n) is 8.54. The Balaban J connectivity index is 2.39. The highest BCUT2D eigenvalue weighted by Crippen LogP contribution is 2.07. The first kappa shape index (κ1) is 9.67. The molecule has 1 amide bonds. The minimum Gasteiger partial charge on any atom is -0.306 e. The van der Waals surface area contributed by atoms with E-state index in [-0.39, 0.29) is 5.91 Å². The number of carbonyl (C=O) groups excluding carboxylic acids is 1. The molecule has 0 aliphatic rings. The number of hydrogen-bond donors (Lipinski definition) is 0. The molecule has 78 valence electrons. The molecular weight excluding hydrogens is 194 g/mol. The number of rotatable bonds is 2. The van der Waals surface area contributed by atoms with Gasteiger partial charge in [-0.2, -0.15) is 0 Å². The van der Waals surface area contributed by atoms with E-state index < -0.39 is 0 Å². The maximum absolute atomic E-state index is 11.7. The molecule has 0 aliphatic carbocycles. The largest absolute Gasteiger partial charge is 0.306 e. The van der Waals surface area contributed by atoms with E-state index in [0.29, 0.717) is 5.56 Å². The van der Waals surface area contributed by atoms with Crippen molar-refractivity contribution in [2.45, 2.75) is 0 Å². The second-order valence-electron chi connectivity index (χ2n) is 3.13. The third-order valence-electron chi connectivity index (χ3n) is 2.21. The Labute approximate surface area is 86.9 Å². The quantitative estimate of drug-likeness (QED) is 0.686. The van der Waals surface area contributed by atoms with E-state index in [1.165, 1.54) is 12.2 Å². The fraction of sp³-hybridized carbons (Fsp3) is 0.200. The normalized spacial score (nSPS) is 10.5. The number of imidazole rings is 1. The van der Waals surface area contributed by atoms with Crippen LogP contribution in [0.25, 0.3) is 5.52 Å². The molecule has 0 spiro atoms. The van der Waals surface area contributed by atoms with Crippen molar-refractivity contribution in [1.82, 2.24) is 14.4 Å². The summed E-state index contributed by atoms with van der Waals surface area (Å²) in [5.41, 5.74) is 1.51. The lowest BCUT2D eigenvalue weighted by atomic mass is 10.2. The zero-order valence-corrected chi connectivity index (χ0v) is 8.54. The maximum Gasteiger partial charge on any atom is 0.278 e. The number of pyridine rings is 1. The number of hydroxylamine groups is 2. The highest BCUT2D eigenvalue weighted by atomic mass is 16.7. The molecule has 0 saturated heterocycles. The van der Waals surface area contributed by atoms with Crippen LogP contribution >= 0.6 is 0 Å². The van der Waals surface area contributed by atoms with Crippen molar-refractivity contribution in [3.8, 4) is 0 Å². The van der Waals surface area contributed by atoms with Gasteiger partial charge in [0.05, 0.1) is 30.7 Å². The summed E-state index contributed by atoms with van der Waals surface area (Å²) in [7, 11) is 3.02. The van der Waals surface area contributed by atoms with Gasteiger partial charge in [0, 0.05) is 13.2 Å². The molecule has 0 aromatic carbocycles. The number of fused-ring (bicyclic) bond motifs is 1. The van der Waals surface area contributed by atoms with Crippen LogP contribution in [0.3, 0.4) is 0 Å². The van der Waals surface area contributed by atoms with E-state index in [2.05, 4.69) is 4.98 Å². The minimum absolute atomic E-state index is 0.187. The van der Waals surface area contributed by atoms with Gasteiger partial charge in [-0.15, -0.1) is 0 Å². The molecule has 0 radical (unpaired) electrons. The molecule has 0 N–H and O–H groups in total. The van der Waals surface area contributed by atoms with Gasteiger partial charge in [0.15, 0.2) is 0 Å². The number of hydrogen-bond acceptors (Lipinski definition) is 3. The van der Waals surface area contributed by atoms with E-state index in [0.717, 1.165) is 5.52 Å². The average molecular weight is 205 g/mol. The van der Waals surface area contributed by atoms with Crippen LogP contribution in [0.5, 0.6) is 0 Å². The second kappa shape index (κ2) is 3.70. The molecule has 5 heteroatoms. The SMILES string of the molecule is CON(C)C(=O)c1ccc2cncn2c1. The van der Waals surface area contributed by atoms with Crippen LogP contribution in [0.2, 0.25) is 0 Å². The molecule has 2 aromatic heterocycles. The Hall–Kier alpha value is -1.88. The lowest BCUT2D eigenvalue weighted by Crippen LogP contribution is -2.25. The van der Waals surface area contributed by atoms with Gasteiger partial charge in [0.25, 0.3) is 5.91 Å². The highest BCUT2D eigenvalue weighted by Gasteiger charge is 2.11. The first-order valence-electron chi connectivity index (χ1n) is 4.46. The summed E-state index contributed by atoms with van der Waals surface area (Å²) >= 11 is 0. The van der Waals surface area contributed by atoms with Crippen LogP contribution < -0.4 is 0 Å². The van der Waals surface area contributed by atoms with Gasteiger partial charge >= 0.3 is 0 Å². The predicted molar refractivity (Wildman–Crippen MR) is 54.3 cm³/mol. The van der Waals surface area contributed by atoms with Crippen LogP contribution in [0.4, 0.5) is 0 Å². The minimum atomic E-state index is -0.187. The van der Waals surface area contributed by atoms with E-state index >= 15 is 0 Å². The Kier molecular flexibility index (Phi) is 2.39. The summed E-state index contributed by atoms with van der Waals surface area (Å²) < 4.78 is 1.79. The lowest BCUT2D eigenvalue weighted by molar-refractivity contribution is -0.0757. The molecule has 2 heterocycles. The lowest BCUT2D eigenvalue weighted by Gasteiger charge is -2.13. The predicted octanol–water partition coefficient (Wildman–Crippen LogP) is 0.968. The fourth-order valence-corrected chi connectivity index (χ4v) is 1.31. The van der Waals surface area contributed by atoms with E-state index in [4.69, 9.17) is 4.84 Å². The van der Waals surface area contributed by atoms with E-state index in [1.54, 1.807) is 36.2 Å². The molecule has 15 heavy (non-hydrogen) atoms. The highest BCUT2D eigenvalue weighted by molar-refractivity contribution is 5.93. The van der Waals surface area contributed by atoms with Crippen molar-refractivity contribution in [3.05, 3.63) is 36.4 Å². The van der Waals surface area contributed by atoms with Crippen molar-refractivity contribution in [2.75, 3.05) is 14.2 Å². The van der Waals surface area contributed by atoms with Crippen LogP contribution in [0.1, 0.15) is 10.4 Å². The van der Waals surface area contributed by atoms with Gasteiger partial charge in [-0.25, -0.2) is 10.0 Å². The Morgan fingerprint density at radius 1 is 1.53 bits per heavy atom. The van der Waals surface area contributed by atoms with Gasteiger partial charge in [-0.05, 0) is 12.1 Å². The Morgan fingerprint density at radius 3 is 3.07 bits per heavy atom. The molecule has 5 nitrogen and oxygen atoms in total. The van der Waals surface area contributed by atoms with E-state index in [1.807, 2.05) is 6.07 Å². The first-order chi connectivity index (χ1) is 7.22. The van der Waals surface area contributed by atoms with Gasteiger partial charge in [0.1, 0.15) is 0 Å². The van der Waals surface area contributed by atoms with Crippen LogP contribution in [0.15, 0.2) is 30.9 Å². The third-order valence-corrected chi connectivity index (χ3v) is 2.21. The average Bonchev–Trinajstić information content (AvgIpc) is 2.73. The van der Waals surface area contributed by atoms with Gasteiger partial charge in [-0.1, -0.05) is 0 Å². The molecule has 0 fully saturated rings.